The number of aliphatic hydroxyl groups excluding tert-OH is 1. The number of rotatable bonds is 12. The molecule has 3 heterocycles. The van der Waals surface area contributed by atoms with Crippen LogP contribution in [0.1, 0.15) is 36.7 Å². The molecule has 17 heteroatoms. The number of carboxylic acid groups (broad SMARTS) is 1. The lowest BCUT2D eigenvalue weighted by Gasteiger charge is -2.35. The maximum atomic E-state index is 13.4. The van der Waals surface area contributed by atoms with Crippen molar-refractivity contribution in [1.82, 2.24) is 29.8 Å². The Morgan fingerprint density at radius 3 is 2.36 bits per heavy atom. The molecule has 0 unspecified atom stereocenters. The van der Waals surface area contributed by atoms with Crippen molar-refractivity contribution in [3.63, 3.8) is 0 Å². The van der Waals surface area contributed by atoms with E-state index in [2.05, 4.69) is 10.4 Å². The average Bonchev–Trinajstić information content (AvgIpc) is 3.69. The number of amides is 4. The summed E-state index contributed by atoms with van der Waals surface area (Å²) >= 11 is 0. The molecule has 0 aliphatic carbocycles. The minimum absolute atomic E-state index is 0.00689. The maximum Gasteiger partial charge on any atom is 0.409 e. The second kappa shape index (κ2) is 15.9. The number of aliphatic carboxylic acids is 1. The molecule has 0 bridgehead atoms. The lowest BCUT2D eigenvalue weighted by molar-refractivity contribution is -0.151. The van der Waals surface area contributed by atoms with Gasteiger partial charge in [-0.25, -0.2) is 14.3 Å². The van der Waals surface area contributed by atoms with Crippen LogP contribution in [0.15, 0.2) is 36.4 Å². The molecule has 3 atom stereocenters. The molecule has 1 aromatic carbocycles. The molecule has 4 amide bonds. The number of para-hydroxylation sites is 1. The summed E-state index contributed by atoms with van der Waals surface area (Å²) in [5.74, 6) is -3.74. The first-order chi connectivity index (χ1) is 22.5. The number of ether oxygens (including phenoxy) is 3. The van der Waals surface area contributed by atoms with Gasteiger partial charge in [-0.15, -0.1) is 0 Å². The molecule has 2 saturated heterocycles. The minimum Gasteiger partial charge on any atom is -0.481 e. The second-order valence-corrected chi connectivity index (χ2v) is 10.8. The van der Waals surface area contributed by atoms with Crippen LogP contribution in [0.25, 0.3) is 5.69 Å². The zero-order chi connectivity index (χ0) is 34.1. The molecule has 254 valence electrons. The number of hydrogen-bond donors (Lipinski definition) is 3. The average molecular weight is 659 g/mol. The fraction of sp³-hybridized carbons (Fsp3) is 0.500. The van der Waals surface area contributed by atoms with Crippen molar-refractivity contribution >= 4 is 35.8 Å². The van der Waals surface area contributed by atoms with Crippen molar-refractivity contribution in [1.29, 1.82) is 0 Å². The number of hydrogen-bond acceptors (Lipinski definition) is 11. The lowest BCUT2D eigenvalue weighted by atomic mass is 10.1. The number of aliphatic hydroxyl groups is 1. The standard InChI is InChI=1S/C30H38N6O11/c1-3-46-30(44)34-13-11-33(12-14-34)28(42)21(9-10-26(39)40)31-27(41)22-16-25(36(32-22)19-7-5-4-6-8-19)47-18-24(38)35-17-20(37)15-23(35)29(43)45-2/h4-8,16,20-21,23,37H,3,9-15,17-18H2,1-2H3,(H,31,41)(H,39,40)/t20-,21-,23-/m0/s1. The lowest BCUT2D eigenvalue weighted by Crippen LogP contribution is -2.56. The zero-order valence-corrected chi connectivity index (χ0v) is 26.1. The fourth-order valence-electron chi connectivity index (χ4n) is 5.30. The minimum atomic E-state index is -1.21. The highest BCUT2D eigenvalue weighted by molar-refractivity contribution is 5.96. The highest BCUT2D eigenvalue weighted by Gasteiger charge is 2.40. The summed E-state index contributed by atoms with van der Waals surface area (Å²) in [6.07, 6.45) is -1.98. The number of nitrogens with zero attached hydrogens (tertiary/aromatic N) is 5. The van der Waals surface area contributed by atoms with E-state index in [1.807, 2.05) is 0 Å². The quantitative estimate of drug-likeness (QED) is 0.250. The summed E-state index contributed by atoms with van der Waals surface area (Å²) in [6, 6.07) is 7.66. The first kappa shape index (κ1) is 34.7. The largest absolute Gasteiger partial charge is 0.481 e. The Kier molecular flexibility index (Phi) is 11.7. The topological polar surface area (TPSA) is 210 Å². The number of aromatic nitrogens is 2. The zero-order valence-electron chi connectivity index (χ0n) is 26.1. The van der Waals surface area contributed by atoms with E-state index in [4.69, 9.17) is 14.2 Å². The smallest absolute Gasteiger partial charge is 0.409 e. The highest BCUT2D eigenvalue weighted by Crippen LogP contribution is 2.23. The van der Waals surface area contributed by atoms with Crippen LogP contribution in [0.2, 0.25) is 0 Å². The van der Waals surface area contributed by atoms with Gasteiger partial charge < -0.3 is 44.4 Å². The molecule has 4 rings (SSSR count). The van der Waals surface area contributed by atoms with Gasteiger partial charge in [-0.05, 0) is 25.5 Å². The molecule has 47 heavy (non-hydrogen) atoms. The van der Waals surface area contributed by atoms with Crippen molar-refractivity contribution < 1.29 is 53.2 Å². The van der Waals surface area contributed by atoms with Crippen LogP contribution in [-0.2, 0) is 28.7 Å². The Bertz CT molecular complexity index is 1460. The third-order valence-corrected chi connectivity index (χ3v) is 7.69. The number of benzene rings is 1. The van der Waals surface area contributed by atoms with E-state index in [0.29, 0.717) is 5.69 Å². The van der Waals surface area contributed by atoms with Gasteiger partial charge in [-0.2, -0.15) is 5.10 Å². The van der Waals surface area contributed by atoms with E-state index in [0.717, 1.165) is 0 Å². The number of piperazine rings is 1. The first-order valence-electron chi connectivity index (χ1n) is 15.1. The van der Waals surface area contributed by atoms with Crippen LogP contribution in [-0.4, -0.2) is 142 Å². The molecule has 17 nitrogen and oxygen atoms in total. The van der Waals surface area contributed by atoms with E-state index in [1.54, 1.807) is 37.3 Å². The van der Waals surface area contributed by atoms with Crippen LogP contribution in [0.5, 0.6) is 5.88 Å². The Hall–Kier alpha value is -5.19. The van der Waals surface area contributed by atoms with Crippen molar-refractivity contribution in [2.75, 3.05) is 53.0 Å². The maximum absolute atomic E-state index is 13.4. The van der Waals surface area contributed by atoms with E-state index in [-0.39, 0.29) is 63.7 Å². The molecule has 0 spiro atoms. The molecule has 2 aliphatic heterocycles. The summed E-state index contributed by atoms with van der Waals surface area (Å²) in [7, 11) is 1.18. The Morgan fingerprint density at radius 1 is 1.04 bits per heavy atom. The third-order valence-electron chi connectivity index (χ3n) is 7.69. The number of carbonyl (C=O) groups excluding carboxylic acids is 5. The van der Waals surface area contributed by atoms with Gasteiger partial charge in [-0.3, -0.25) is 19.2 Å². The number of likely N-dealkylation sites (tertiary alicyclic amines) is 1. The molecular formula is C30H38N6O11. The molecule has 1 aromatic heterocycles. The van der Waals surface area contributed by atoms with Crippen molar-refractivity contribution in [2.45, 2.75) is 44.4 Å². The number of esters is 1. The summed E-state index contributed by atoms with van der Waals surface area (Å²) in [5.41, 5.74) is 0.302. The van der Waals surface area contributed by atoms with Gasteiger partial charge in [0.1, 0.15) is 12.1 Å². The fourth-order valence-corrected chi connectivity index (χ4v) is 5.30. The van der Waals surface area contributed by atoms with Gasteiger partial charge >= 0.3 is 18.0 Å². The Labute approximate surface area is 269 Å². The van der Waals surface area contributed by atoms with E-state index >= 15 is 0 Å². The van der Waals surface area contributed by atoms with Crippen LogP contribution < -0.4 is 10.1 Å². The third kappa shape index (κ3) is 8.75. The number of methoxy groups -OCH3 is 1. The number of β-amino-alcohol motifs (C(OH)–C–C–N with tert-alkyl or cyclic N) is 1. The molecule has 3 N–H and O–H groups in total. The van der Waals surface area contributed by atoms with E-state index < -0.39 is 67.0 Å². The normalized spacial score (nSPS) is 18.3. The molecule has 0 saturated carbocycles. The van der Waals surface area contributed by atoms with Crippen molar-refractivity contribution in [3.05, 3.63) is 42.1 Å². The van der Waals surface area contributed by atoms with Crippen LogP contribution in [0.3, 0.4) is 0 Å². The summed E-state index contributed by atoms with van der Waals surface area (Å²) in [6.45, 7) is 2.00. The predicted octanol–water partition coefficient (Wildman–Crippen LogP) is -0.350. The van der Waals surface area contributed by atoms with Crippen LogP contribution in [0, 0.1) is 0 Å². The molecule has 0 radical (unpaired) electrons. The monoisotopic (exact) mass is 658 g/mol. The van der Waals surface area contributed by atoms with Gasteiger partial charge in [0, 0.05) is 51.6 Å². The first-order valence-corrected chi connectivity index (χ1v) is 15.1. The van der Waals surface area contributed by atoms with Crippen molar-refractivity contribution in [2.24, 2.45) is 0 Å². The predicted molar refractivity (Wildman–Crippen MR) is 160 cm³/mol. The van der Waals surface area contributed by atoms with Gasteiger partial charge in [0.15, 0.2) is 12.3 Å². The molecule has 2 aromatic rings. The van der Waals surface area contributed by atoms with E-state index in [9.17, 15) is 39.0 Å². The van der Waals surface area contributed by atoms with E-state index in [1.165, 1.54) is 32.6 Å². The van der Waals surface area contributed by atoms with Gasteiger partial charge in [0.25, 0.3) is 11.8 Å². The Balaban J connectivity index is 1.50. The summed E-state index contributed by atoms with van der Waals surface area (Å²) in [5, 5.41) is 26.2. The molecule has 2 aliphatic rings. The van der Waals surface area contributed by atoms with Gasteiger partial charge in [0.2, 0.25) is 11.8 Å². The molecular weight excluding hydrogens is 620 g/mol. The number of carboxylic acids is 1. The molecule has 2 fully saturated rings. The Morgan fingerprint density at radius 2 is 1.72 bits per heavy atom. The van der Waals surface area contributed by atoms with Crippen LogP contribution >= 0.6 is 0 Å². The second-order valence-electron chi connectivity index (χ2n) is 10.8. The highest BCUT2D eigenvalue weighted by atomic mass is 16.6. The summed E-state index contributed by atoms with van der Waals surface area (Å²) in [4.78, 5) is 79.5. The summed E-state index contributed by atoms with van der Waals surface area (Å²) < 4.78 is 16.8. The van der Waals surface area contributed by atoms with Crippen LogP contribution in [0.4, 0.5) is 4.79 Å². The van der Waals surface area contributed by atoms with Gasteiger partial charge in [-0.1, -0.05) is 18.2 Å². The van der Waals surface area contributed by atoms with Gasteiger partial charge in [0.05, 0.1) is 25.5 Å². The SMILES string of the molecule is CCOC(=O)N1CCN(C(=O)[C@H](CCC(=O)O)NC(=O)c2cc(OCC(=O)N3C[C@@H](O)C[C@H]3C(=O)OC)n(-c3ccccc3)n2)CC1. The number of nitrogens with one attached hydrogen (secondary N) is 1. The number of carbonyl (C=O) groups is 6. The van der Waals surface area contributed by atoms with Crippen molar-refractivity contribution in [3.8, 4) is 11.6 Å².